The van der Waals surface area contributed by atoms with Gasteiger partial charge in [-0.2, -0.15) is 0 Å². The van der Waals surface area contributed by atoms with Crippen molar-refractivity contribution in [3.8, 4) is 0 Å². The number of halogens is 1. The molecule has 31 heavy (non-hydrogen) atoms. The maximum Gasteiger partial charge on any atom is 0.251 e. The van der Waals surface area contributed by atoms with Crippen LogP contribution in [0, 0.1) is 29.5 Å². The Morgan fingerprint density at radius 2 is 2.00 bits per heavy atom. The van der Waals surface area contributed by atoms with Crippen LogP contribution in [0.15, 0.2) is 60.2 Å². The number of aromatic amines is 1. The first-order valence-corrected chi connectivity index (χ1v) is 11.1. The minimum Gasteiger partial charge on any atom is -0.351 e. The van der Waals surface area contributed by atoms with Crippen LogP contribution in [0.4, 0.5) is 4.39 Å². The van der Waals surface area contributed by atoms with Gasteiger partial charge in [0.25, 0.3) is 5.91 Å². The van der Waals surface area contributed by atoms with Gasteiger partial charge >= 0.3 is 0 Å². The van der Waals surface area contributed by atoms with Gasteiger partial charge in [-0.1, -0.05) is 43.7 Å². The highest BCUT2D eigenvalue weighted by Gasteiger charge is 2.32. The standard InChI is InChI=1S/C26H30FN3O/c1-16(2)22-12-19(13-25-29-23-10-9-21(27)14-24(23)30-25)17(3)11-20(22)15-28-26(31)18-7-5-4-6-8-18/h4-11,14,16,19-20,22H,12-13,15H2,1-3H3,(H,28,31)(H,29,30)/t19-,20-,22-/m0/s1. The number of amides is 1. The van der Waals surface area contributed by atoms with Crippen LogP contribution in [0.3, 0.4) is 0 Å². The third-order valence-corrected chi connectivity index (χ3v) is 6.55. The third kappa shape index (κ3) is 4.87. The molecule has 1 amide bonds. The van der Waals surface area contributed by atoms with Crippen LogP contribution in [0.25, 0.3) is 11.0 Å². The summed E-state index contributed by atoms with van der Waals surface area (Å²) in [4.78, 5) is 20.4. The van der Waals surface area contributed by atoms with Crippen LogP contribution in [-0.4, -0.2) is 22.4 Å². The van der Waals surface area contributed by atoms with Crippen molar-refractivity contribution in [2.75, 3.05) is 6.54 Å². The van der Waals surface area contributed by atoms with Gasteiger partial charge in [0.15, 0.2) is 0 Å². The molecular formula is C26H30FN3O. The largest absolute Gasteiger partial charge is 0.351 e. The maximum absolute atomic E-state index is 13.5. The van der Waals surface area contributed by atoms with E-state index in [1.807, 2.05) is 30.3 Å². The minimum absolute atomic E-state index is 0.0224. The molecule has 5 heteroatoms. The molecular weight excluding hydrogens is 389 g/mol. The van der Waals surface area contributed by atoms with Crippen molar-refractivity contribution in [3.05, 3.63) is 77.4 Å². The first kappa shape index (κ1) is 21.3. The molecule has 1 aromatic heterocycles. The molecule has 4 nitrogen and oxygen atoms in total. The number of hydrogen-bond acceptors (Lipinski definition) is 2. The normalized spacial score (nSPS) is 21.3. The molecule has 0 saturated carbocycles. The number of fused-ring (bicyclic) bond motifs is 1. The minimum atomic E-state index is -0.253. The molecule has 1 aliphatic carbocycles. The number of nitrogens with one attached hydrogen (secondary N) is 2. The van der Waals surface area contributed by atoms with E-state index in [9.17, 15) is 9.18 Å². The van der Waals surface area contributed by atoms with Gasteiger partial charge in [-0.15, -0.1) is 0 Å². The Balaban J connectivity index is 1.47. The highest BCUT2D eigenvalue weighted by molar-refractivity contribution is 5.94. The van der Waals surface area contributed by atoms with Crippen molar-refractivity contribution in [2.45, 2.75) is 33.6 Å². The van der Waals surface area contributed by atoms with Gasteiger partial charge in [-0.25, -0.2) is 9.37 Å². The molecule has 0 fully saturated rings. The molecule has 3 atom stereocenters. The summed E-state index contributed by atoms with van der Waals surface area (Å²) in [5.41, 5.74) is 3.58. The van der Waals surface area contributed by atoms with E-state index in [0.29, 0.717) is 35.8 Å². The van der Waals surface area contributed by atoms with E-state index in [0.717, 1.165) is 29.7 Å². The number of imidazole rings is 1. The number of carbonyl (C=O) groups excluding carboxylic acids is 1. The summed E-state index contributed by atoms with van der Waals surface area (Å²) in [6, 6.07) is 14.0. The zero-order chi connectivity index (χ0) is 22.0. The Kier molecular flexibility index (Phi) is 6.21. The lowest BCUT2D eigenvalue weighted by molar-refractivity contribution is 0.0939. The first-order valence-electron chi connectivity index (χ1n) is 11.1. The van der Waals surface area contributed by atoms with Crippen molar-refractivity contribution in [1.82, 2.24) is 15.3 Å². The zero-order valence-electron chi connectivity index (χ0n) is 18.4. The smallest absolute Gasteiger partial charge is 0.251 e. The molecule has 0 unspecified atom stereocenters. The summed E-state index contributed by atoms with van der Waals surface area (Å²) in [5, 5.41) is 3.12. The summed E-state index contributed by atoms with van der Waals surface area (Å²) < 4.78 is 13.5. The number of H-pyrrole nitrogens is 1. The highest BCUT2D eigenvalue weighted by Crippen LogP contribution is 2.38. The maximum atomic E-state index is 13.5. The Morgan fingerprint density at radius 1 is 1.23 bits per heavy atom. The second-order valence-electron chi connectivity index (χ2n) is 9.04. The molecule has 1 heterocycles. The third-order valence-electron chi connectivity index (χ3n) is 6.55. The fourth-order valence-corrected chi connectivity index (χ4v) is 4.77. The van der Waals surface area contributed by atoms with Crippen LogP contribution in [0.2, 0.25) is 0 Å². The van der Waals surface area contributed by atoms with Crippen LogP contribution in [0.5, 0.6) is 0 Å². The SMILES string of the molecule is CC1=C[C@@H](CNC(=O)c2ccccc2)[C@H](C(C)C)C[C@H]1Cc1nc2ccc(F)cc2[nH]1. The summed E-state index contributed by atoms with van der Waals surface area (Å²) >= 11 is 0. The summed E-state index contributed by atoms with van der Waals surface area (Å²) in [7, 11) is 0. The van der Waals surface area contributed by atoms with Gasteiger partial charge in [-0.3, -0.25) is 4.79 Å². The second-order valence-corrected chi connectivity index (χ2v) is 9.04. The number of rotatable bonds is 6. The van der Waals surface area contributed by atoms with E-state index in [4.69, 9.17) is 0 Å². The number of benzene rings is 2. The molecule has 0 spiro atoms. The van der Waals surface area contributed by atoms with Crippen molar-refractivity contribution in [1.29, 1.82) is 0 Å². The number of nitrogens with zero attached hydrogens (tertiary/aromatic N) is 1. The van der Waals surface area contributed by atoms with E-state index >= 15 is 0 Å². The highest BCUT2D eigenvalue weighted by atomic mass is 19.1. The molecule has 162 valence electrons. The molecule has 3 aromatic rings. The zero-order valence-corrected chi connectivity index (χ0v) is 18.4. The van der Waals surface area contributed by atoms with Crippen molar-refractivity contribution < 1.29 is 9.18 Å². The summed E-state index contributed by atoms with van der Waals surface area (Å²) in [6.07, 6.45) is 4.20. The fourth-order valence-electron chi connectivity index (χ4n) is 4.77. The van der Waals surface area contributed by atoms with Crippen molar-refractivity contribution in [3.63, 3.8) is 0 Å². The lowest BCUT2D eigenvalue weighted by Crippen LogP contribution is -2.37. The monoisotopic (exact) mass is 419 g/mol. The van der Waals surface area contributed by atoms with E-state index in [1.165, 1.54) is 17.7 Å². The van der Waals surface area contributed by atoms with Gasteiger partial charge in [0.1, 0.15) is 11.6 Å². The number of carbonyl (C=O) groups is 1. The quantitative estimate of drug-likeness (QED) is 0.516. The van der Waals surface area contributed by atoms with E-state index in [1.54, 1.807) is 6.07 Å². The first-order chi connectivity index (χ1) is 14.9. The summed E-state index contributed by atoms with van der Waals surface area (Å²) in [5.74, 6) is 2.31. The van der Waals surface area contributed by atoms with Crippen molar-refractivity contribution >= 4 is 16.9 Å². The Morgan fingerprint density at radius 3 is 2.74 bits per heavy atom. The van der Waals surface area contributed by atoms with Gasteiger partial charge in [0.2, 0.25) is 0 Å². The lowest BCUT2D eigenvalue weighted by atomic mass is 9.69. The molecule has 0 radical (unpaired) electrons. The van der Waals surface area contributed by atoms with Crippen LogP contribution < -0.4 is 5.32 Å². The van der Waals surface area contributed by atoms with Gasteiger partial charge < -0.3 is 10.3 Å². The molecule has 2 aromatic carbocycles. The number of hydrogen-bond donors (Lipinski definition) is 2. The topological polar surface area (TPSA) is 57.8 Å². The predicted octanol–water partition coefficient (Wildman–Crippen LogP) is 5.53. The van der Waals surface area contributed by atoms with Crippen LogP contribution in [-0.2, 0) is 6.42 Å². The molecule has 2 N–H and O–H groups in total. The average molecular weight is 420 g/mol. The van der Waals surface area contributed by atoms with Gasteiger partial charge in [0, 0.05) is 18.5 Å². The van der Waals surface area contributed by atoms with Crippen LogP contribution in [0.1, 0.15) is 43.4 Å². The molecule has 1 aliphatic rings. The Bertz CT molecular complexity index is 1090. The molecule has 0 aliphatic heterocycles. The van der Waals surface area contributed by atoms with E-state index in [2.05, 4.69) is 42.1 Å². The number of aromatic nitrogens is 2. The predicted molar refractivity (Wildman–Crippen MR) is 122 cm³/mol. The molecule has 4 rings (SSSR count). The fraction of sp³-hybridized carbons (Fsp3) is 0.385. The Hall–Kier alpha value is -2.95. The summed E-state index contributed by atoms with van der Waals surface area (Å²) in [6.45, 7) is 7.33. The van der Waals surface area contributed by atoms with E-state index in [-0.39, 0.29) is 11.7 Å². The van der Waals surface area contributed by atoms with E-state index < -0.39 is 0 Å². The Labute approximate surface area is 183 Å². The van der Waals surface area contributed by atoms with Gasteiger partial charge in [0.05, 0.1) is 11.0 Å². The number of allylic oxidation sites excluding steroid dienone is 1. The van der Waals surface area contributed by atoms with Gasteiger partial charge in [-0.05, 0) is 67.3 Å². The second kappa shape index (κ2) is 9.04. The van der Waals surface area contributed by atoms with Crippen LogP contribution >= 0.6 is 0 Å². The van der Waals surface area contributed by atoms with Crippen molar-refractivity contribution in [2.24, 2.45) is 23.7 Å². The molecule has 0 bridgehead atoms. The molecule has 0 saturated heterocycles. The lowest BCUT2D eigenvalue weighted by Gasteiger charge is -2.37. The average Bonchev–Trinajstić information content (AvgIpc) is 3.15.